The van der Waals surface area contributed by atoms with Crippen LogP contribution in [0.15, 0.2) is 49.1 Å². The lowest BCUT2D eigenvalue weighted by molar-refractivity contribution is 0.479. The van der Waals surface area contributed by atoms with Crippen LogP contribution in [0.3, 0.4) is 0 Å². The summed E-state index contributed by atoms with van der Waals surface area (Å²) in [7, 11) is 0. The quantitative estimate of drug-likeness (QED) is 0.666. The number of hydrogen-bond acceptors (Lipinski definition) is 6. The monoisotopic (exact) mass is 334 g/mol. The molecular formula is C19H22N6. The van der Waals surface area contributed by atoms with Gasteiger partial charge in [0.1, 0.15) is 0 Å². The molecule has 3 N–H and O–H groups in total. The van der Waals surface area contributed by atoms with Crippen LogP contribution in [0, 0.1) is 0 Å². The van der Waals surface area contributed by atoms with E-state index in [1.807, 2.05) is 24.5 Å². The van der Waals surface area contributed by atoms with Crippen molar-refractivity contribution in [2.24, 2.45) is 0 Å². The number of piperidine rings is 1. The van der Waals surface area contributed by atoms with Crippen LogP contribution in [0.4, 0.5) is 11.4 Å². The Kier molecular flexibility index (Phi) is 4.70. The van der Waals surface area contributed by atoms with Crippen molar-refractivity contribution in [3.8, 4) is 0 Å². The van der Waals surface area contributed by atoms with Gasteiger partial charge < -0.3 is 16.0 Å². The summed E-state index contributed by atoms with van der Waals surface area (Å²) in [4.78, 5) is 12.9. The highest BCUT2D eigenvalue weighted by Crippen LogP contribution is 2.23. The molecule has 0 saturated carbocycles. The van der Waals surface area contributed by atoms with Gasteiger partial charge in [0.25, 0.3) is 0 Å². The maximum atomic E-state index is 4.37. The first-order valence-electron chi connectivity index (χ1n) is 8.73. The summed E-state index contributed by atoms with van der Waals surface area (Å²) in [6, 6.07) is 8.72. The van der Waals surface area contributed by atoms with E-state index in [1.54, 1.807) is 12.4 Å². The Morgan fingerprint density at radius 1 is 0.960 bits per heavy atom. The molecule has 4 rings (SSSR count). The second-order valence-corrected chi connectivity index (χ2v) is 6.32. The van der Waals surface area contributed by atoms with E-state index in [9.17, 15) is 0 Å². The lowest BCUT2D eigenvalue weighted by Gasteiger charge is -2.25. The van der Waals surface area contributed by atoms with Crippen LogP contribution >= 0.6 is 0 Å². The van der Waals surface area contributed by atoms with Gasteiger partial charge in [0, 0.05) is 31.2 Å². The summed E-state index contributed by atoms with van der Waals surface area (Å²) >= 11 is 0. The minimum absolute atomic E-state index is 0.514. The average molecular weight is 334 g/mol. The van der Waals surface area contributed by atoms with E-state index in [1.165, 1.54) is 5.56 Å². The molecule has 25 heavy (non-hydrogen) atoms. The van der Waals surface area contributed by atoms with E-state index in [-0.39, 0.29) is 0 Å². The number of hydrogen-bond donors (Lipinski definition) is 3. The summed E-state index contributed by atoms with van der Waals surface area (Å²) in [6.45, 7) is 2.87. The molecule has 1 aliphatic rings. The van der Waals surface area contributed by atoms with Crippen molar-refractivity contribution in [1.82, 2.24) is 20.3 Å². The van der Waals surface area contributed by atoms with Gasteiger partial charge in [-0.1, -0.05) is 6.07 Å². The van der Waals surface area contributed by atoms with E-state index in [2.05, 4.69) is 43.0 Å². The molecule has 2 aromatic heterocycles. The molecule has 0 spiro atoms. The predicted molar refractivity (Wildman–Crippen MR) is 101 cm³/mol. The van der Waals surface area contributed by atoms with Crippen LogP contribution in [0.2, 0.25) is 0 Å². The summed E-state index contributed by atoms with van der Waals surface area (Å²) in [6.07, 6.45) is 9.44. The van der Waals surface area contributed by atoms with Crippen LogP contribution < -0.4 is 16.0 Å². The Bertz CT molecular complexity index is 844. The molecule has 128 valence electrons. The van der Waals surface area contributed by atoms with Gasteiger partial charge in [-0.25, -0.2) is 0 Å². The molecule has 0 radical (unpaired) electrons. The zero-order valence-corrected chi connectivity index (χ0v) is 14.1. The third kappa shape index (κ3) is 3.85. The van der Waals surface area contributed by atoms with Gasteiger partial charge in [-0.3, -0.25) is 15.0 Å². The molecule has 1 aliphatic heterocycles. The maximum Gasteiger partial charge on any atom is 0.0890 e. The highest BCUT2D eigenvalue weighted by molar-refractivity contribution is 5.74. The highest BCUT2D eigenvalue weighted by Gasteiger charge is 2.14. The standard InChI is InChI=1S/C19H22N6/c1-2-16-18(23-10-9-22-16)11-14(1)12-24-19-13-21-8-5-17(19)25-15-3-6-20-7-4-15/h1-2,5,8-11,13,15,20,24H,3-4,6-7,12H2,(H,21,25). The lowest BCUT2D eigenvalue weighted by atomic mass is 10.1. The molecule has 0 bridgehead atoms. The van der Waals surface area contributed by atoms with Gasteiger partial charge in [-0.2, -0.15) is 0 Å². The first-order valence-corrected chi connectivity index (χ1v) is 8.73. The molecule has 6 heteroatoms. The minimum atomic E-state index is 0.514. The van der Waals surface area contributed by atoms with Crippen LogP contribution in [0.25, 0.3) is 11.0 Å². The summed E-state index contributed by atoms with van der Waals surface area (Å²) in [5.74, 6) is 0. The first-order chi connectivity index (χ1) is 12.4. The Morgan fingerprint density at radius 2 is 1.80 bits per heavy atom. The fourth-order valence-electron chi connectivity index (χ4n) is 3.16. The number of aromatic nitrogens is 3. The van der Waals surface area contributed by atoms with E-state index >= 15 is 0 Å². The third-order valence-electron chi connectivity index (χ3n) is 4.54. The minimum Gasteiger partial charge on any atom is -0.380 e. The number of benzene rings is 1. The normalized spacial score (nSPS) is 15.2. The summed E-state index contributed by atoms with van der Waals surface area (Å²) in [5.41, 5.74) is 5.15. The molecule has 0 unspecified atom stereocenters. The predicted octanol–water partition coefficient (Wildman–Crippen LogP) is 2.80. The molecule has 3 heterocycles. The number of nitrogens with zero attached hydrogens (tertiary/aromatic N) is 3. The van der Waals surface area contributed by atoms with Gasteiger partial charge in [0.05, 0.1) is 28.6 Å². The van der Waals surface area contributed by atoms with Gasteiger partial charge in [-0.05, 0) is 49.7 Å². The van der Waals surface area contributed by atoms with E-state index in [4.69, 9.17) is 0 Å². The van der Waals surface area contributed by atoms with Crippen molar-refractivity contribution in [1.29, 1.82) is 0 Å². The van der Waals surface area contributed by atoms with E-state index < -0.39 is 0 Å². The summed E-state index contributed by atoms with van der Waals surface area (Å²) in [5, 5.41) is 10.5. The zero-order valence-electron chi connectivity index (χ0n) is 14.1. The second-order valence-electron chi connectivity index (χ2n) is 6.32. The number of nitrogens with one attached hydrogen (secondary N) is 3. The number of rotatable bonds is 5. The van der Waals surface area contributed by atoms with E-state index in [0.717, 1.165) is 54.9 Å². The Balaban J connectivity index is 1.46. The maximum absolute atomic E-state index is 4.37. The van der Waals surface area contributed by atoms with Crippen molar-refractivity contribution >= 4 is 22.4 Å². The number of fused-ring (bicyclic) bond motifs is 1. The van der Waals surface area contributed by atoms with Gasteiger partial charge >= 0.3 is 0 Å². The third-order valence-corrected chi connectivity index (χ3v) is 4.54. The topological polar surface area (TPSA) is 74.8 Å². The van der Waals surface area contributed by atoms with Crippen LogP contribution in [-0.4, -0.2) is 34.1 Å². The van der Waals surface area contributed by atoms with Gasteiger partial charge in [0.2, 0.25) is 0 Å². The molecule has 1 saturated heterocycles. The molecule has 0 amide bonds. The highest BCUT2D eigenvalue weighted by atomic mass is 15.0. The van der Waals surface area contributed by atoms with Gasteiger partial charge in [-0.15, -0.1) is 0 Å². The Hall–Kier alpha value is -2.73. The van der Waals surface area contributed by atoms with Crippen molar-refractivity contribution in [3.63, 3.8) is 0 Å². The molecule has 0 atom stereocenters. The fourth-order valence-corrected chi connectivity index (χ4v) is 3.16. The largest absolute Gasteiger partial charge is 0.380 e. The smallest absolute Gasteiger partial charge is 0.0890 e. The van der Waals surface area contributed by atoms with E-state index in [0.29, 0.717) is 6.04 Å². The van der Waals surface area contributed by atoms with Crippen LogP contribution in [-0.2, 0) is 6.54 Å². The Morgan fingerprint density at radius 3 is 2.68 bits per heavy atom. The SMILES string of the molecule is c1cc(NC2CCNCC2)c(NCc2ccc3nccnc3c2)cn1. The second kappa shape index (κ2) is 7.44. The van der Waals surface area contributed by atoms with Crippen molar-refractivity contribution in [2.45, 2.75) is 25.4 Å². The Labute approximate surface area is 147 Å². The van der Waals surface area contributed by atoms with Crippen molar-refractivity contribution in [3.05, 3.63) is 54.6 Å². The zero-order chi connectivity index (χ0) is 16.9. The molecule has 1 fully saturated rings. The fraction of sp³-hybridized carbons (Fsp3) is 0.316. The molecular weight excluding hydrogens is 312 g/mol. The molecule has 0 aliphatic carbocycles. The molecule has 3 aromatic rings. The van der Waals surface area contributed by atoms with Gasteiger partial charge in [0.15, 0.2) is 0 Å². The van der Waals surface area contributed by atoms with Crippen LogP contribution in [0.1, 0.15) is 18.4 Å². The van der Waals surface area contributed by atoms with Crippen molar-refractivity contribution in [2.75, 3.05) is 23.7 Å². The summed E-state index contributed by atoms with van der Waals surface area (Å²) < 4.78 is 0. The molecule has 6 nitrogen and oxygen atoms in total. The van der Waals surface area contributed by atoms with Crippen LogP contribution in [0.5, 0.6) is 0 Å². The lowest BCUT2D eigenvalue weighted by Crippen LogP contribution is -2.35. The van der Waals surface area contributed by atoms with Crippen molar-refractivity contribution < 1.29 is 0 Å². The number of anilines is 2. The molecule has 1 aromatic carbocycles. The average Bonchev–Trinajstić information content (AvgIpc) is 2.68. The first kappa shape index (κ1) is 15.8. The number of pyridine rings is 1.